The summed E-state index contributed by atoms with van der Waals surface area (Å²) in [6.45, 7) is 2.34. The summed E-state index contributed by atoms with van der Waals surface area (Å²) in [5.74, 6) is 1.61. The predicted octanol–water partition coefficient (Wildman–Crippen LogP) is 4.25. The van der Waals surface area contributed by atoms with Crippen molar-refractivity contribution < 1.29 is 17.9 Å². The van der Waals surface area contributed by atoms with Crippen molar-refractivity contribution in [1.29, 1.82) is 0 Å². The van der Waals surface area contributed by atoms with Crippen molar-refractivity contribution in [3.63, 3.8) is 0 Å². The first kappa shape index (κ1) is 25.8. The van der Waals surface area contributed by atoms with E-state index in [0.29, 0.717) is 42.8 Å². The molecule has 6 rings (SSSR count). The van der Waals surface area contributed by atoms with Gasteiger partial charge in [-0.05, 0) is 55.1 Å². The molecule has 0 radical (unpaired) electrons. The fraction of sp³-hybridized carbons (Fsp3) is 0.464. The van der Waals surface area contributed by atoms with Gasteiger partial charge in [0.25, 0.3) is 0 Å². The molecule has 0 spiro atoms. The molecule has 3 aromatic heterocycles. The van der Waals surface area contributed by atoms with Crippen molar-refractivity contribution in [2.75, 3.05) is 26.8 Å². The van der Waals surface area contributed by atoms with Crippen LogP contribution in [0.5, 0.6) is 0 Å². The molecule has 1 aliphatic carbocycles. The lowest BCUT2D eigenvalue weighted by atomic mass is 9.72. The van der Waals surface area contributed by atoms with E-state index in [-0.39, 0.29) is 11.4 Å². The number of fused-ring (bicyclic) bond motifs is 1. The quantitative estimate of drug-likeness (QED) is 0.334. The second-order valence-electron chi connectivity index (χ2n) is 11.0. The summed E-state index contributed by atoms with van der Waals surface area (Å²) in [5.41, 5.74) is 0.388. The summed E-state index contributed by atoms with van der Waals surface area (Å²) in [5, 5.41) is 8.41. The van der Waals surface area contributed by atoms with Gasteiger partial charge in [0.05, 0.1) is 30.0 Å². The fourth-order valence-corrected chi connectivity index (χ4v) is 5.80. The highest BCUT2D eigenvalue weighted by Crippen LogP contribution is 2.43. The minimum absolute atomic E-state index is 0.00660. The van der Waals surface area contributed by atoms with Gasteiger partial charge in [0.2, 0.25) is 0 Å². The summed E-state index contributed by atoms with van der Waals surface area (Å²) in [6.07, 6.45) is 3.17. The number of hydrogen-bond donors (Lipinski definition) is 0. The third-order valence-corrected chi connectivity index (χ3v) is 8.01. The van der Waals surface area contributed by atoms with Gasteiger partial charge < -0.3 is 14.2 Å². The molecule has 1 aliphatic heterocycles. The Balaban J connectivity index is 1.40. The molecule has 1 aromatic carbocycles. The highest BCUT2D eigenvalue weighted by atomic mass is 19.4. The smallest absolute Gasteiger partial charge is 0.381 e. The van der Waals surface area contributed by atoms with Gasteiger partial charge in [0, 0.05) is 44.4 Å². The monoisotopic (exact) mass is 540 g/mol. The molecule has 0 unspecified atom stereocenters. The van der Waals surface area contributed by atoms with Crippen LogP contribution in [0.4, 0.5) is 13.2 Å². The van der Waals surface area contributed by atoms with Crippen LogP contribution in [0, 0.1) is 11.8 Å². The maximum atomic E-state index is 14.2. The Morgan fingerprint density at radius 2 is 1.97 bits per heavy atom. The molecule has 4 heterocycles. The Morgan fingerprint density at radius 1 is 1.18 bits per heavy atom. The summed E-state index contributed by atoms with van der Waals surface area (Å²) < 4.78 is 52.1. The Morgan fingerprint density at radius 3 is 2.59 bits per heavy atom. The van der Waals surface area contributed by atoms with E-state index in [0.717, 1.165) is 47.7 Å². The summed E-state index contributed by atoms with van der Waals surface area (Å²) in [4.78, 5) is 15.5. The number of alkyl halides is 3. The lowest BCUT2D eigenvalue weighted by molar-refractivity contribution is -0.136. The minimum Gasteiger partial charge on any atom is -0.381 e. The Labute approximate surface area is 223 Å². The lowest BCUT2D eigenvalue weighted by Gasteiger charge is -2.33. The van der Waals surface area contributed by atoms with Gasteiger partial charge in [0.1, 0.15) is 12.2 Å². The predicted molar refractivity (Wildman–Crippen MR) is 139 cm³/mol. The van der Waals surface area contributed by atoms with E-state index in [1.165, 1.54) is 17.0 Å². The highest BCUT2D eigenvalue weighted by Gasteiger charge is 2.35. The number of benzene rings is 1. The largest absolute Gasteiger partial charge is 0.418 e. The molecule has 0 amide bonds. The van der Waals surface area contributed by atoms with E-state index < -0.39 is 17.4 Å². The normalized spacial score (nSPS) is 17.5. The lowest BCUT2D eigenvalue weighted by Crippen LogP contribution is -2.37. The number of aromatic nitrogens is 5. The molecule has 39 heavy (non-hydrogen) atoms. The van der Waals surface area contributed by atoms with Gasteiger partial charge >= 0.3 is 11.9 Å². The molecule has 8 nitrogen and oxygen atoms in total. The molecule has 2 fully saturated rings. The second-order valence-corrected chi connectivity index (χ2v) is 11.0. The zero-order valence-corrected chi connectivity index (χ0v) is 21.9. The van der Waals surface area contributed by atoms with Gasteiger partial charge in [-0.3, -0.25) is 8.97 Å². The number of aryl methyl sites for hydroxylation is 1. The summed E-state index contributed by atoms with van der Waals surface area (Å²) in [6, 6.07) is 8.63. The third-order valence-electron chi connectivity index (χ3n) is 8.01. The first-order valence-corrected chi connectivity index (χ1v) is 13.2. The summed E-state index contributed by atoms with van der Waals surface area (Å²) in [7, 11) is 3.77. The van der Waals surface area contributed by atoms with E-state index in [2.05, 4.69) is 10.2 Å². The van der Waals surface area contributed by atoms with Crippen LogP contribution in [-0.4, -0.2) is 55.4 Å². The van der Waals surface area contributed by atoms with Crippen LogP contribution in [-0.2, 0) is 24.5 Å². The number of rotatable bonds is 8. The molecule has 206 valence electrons. The van der Waals surface area contributed by atoms with Crippen LogP contribution in [0.25, 0.3) is 11.2 Å². The molecular weight excluding hydrogens is 509 g/mol. The number of nitrogens with zero attached hydrogens (tertiary/aromatic N) is 6. The molecule has 1 saturated heterocycles. The van der Waals surface area contributed by atoms with Gasteiger partial charge in [-0.15, -0.1) is 10.2 Å². The molecule has 2 aliphatic rings. The zero-order chi connectivity index (χ0) is 27.3. The van der Waals surface area contributed by atoms with Crippen molar-refractivity contribution in [1.82, 2.24) is 28.6 Å². The van der Waals surface area contributed by atoms with Crippen molar-refractivity contribution in [3.05, 3.63) is 82.1 Å². The molecular formula is C28H31F3N6O2. The van der Waals surface area contributed by atoms with Crippen LogP contribution in [0.1, 0.15) is 47.7 Å². The number of hydrogen-bond acceptors (Lipinski definition) is 5. The maximum absolute atomic E-state index is 14.2. The van der Waals surface area contributed by atoms with Gasteiger partial charge in [0.15, 0.2) is 0 Å². The average Bonchev–Trinajstić information content (AvgIpc) is 3.40. The zero-order valence-electron chi connectivity index (χ0n) is 21.9. The standard InChI is InChI=1S/C28H31F3N6O2/c1-34(12-19-15-39-16-19)11-18-9-23(28(29,30)31)24-14-36(27(38)37(24)13-18)22-8-4-7-21(10-22)25(20-5-3-6-20)26-33-32-17-35(26)2/h4,7-10,13-14,17,19-20,25H,3,5-6,11-12,15-16H2,1-2H3/t25-/m1/s1. The maximum Gasteiger partial charge on any atom is 0.418 e. The fourth-order valence-electron chi connectivity index (χ4n) is 5.80. The number of ether oxygens (including phenoxy) is 1. The van der Waals surface area contributed by atoms with Crippen molar-refractivity contribution in [2.24, 2.45) is 18.9 Å². The number of halogens is 3. The van der Waals surface area contributed by atoms with Crippen LogP contribution in [0.15, 0.2) is 53.8 Å². The van der Waals surface area contributed by atoms with Crippen molar-refractivity contribution in [2.45, 2.75) is 37.9 Å². The Hall–Kier alpha value is -3.44. The van der Waals surface area contributed by atoms with Crippen molar-refractivity contribution >= 4 is 5.52 Å². The number of imidazole rings is 1. The highest BCUT2D eigenvalue weighted by molar-refractivity contribution is 5.58. The average molecular weight is 541 g/mol. The minimum atomic E-state index is -4.61. The topological polar surface area (TPSA) is 69.6 Å². The number of pyridine rings is 1. The van der Waals surface area contributed by atoms with E-state index in [1.807, 2.05) is 41.8 Å². The molecule has 1 atom stereocenters. The van der Waals surface area contributed by atoms with Crippen LogP contribution in [0.3, 0.4) is 0 Å². The van der Waals surface area contributed by atoms with E-state index in [4.69, 9.17) is 4.74 Å². The molecule has 0 N–H and O–H groups in total. The van der Waals surface area contributed by atoms with Crippen LogP contribution in [0.2, 0.25) is 0 Å². The molecule has 4 aromatic rings. The van der Waals surface area contributed by atoms with Gasteiger partial charge in [-0.1, -0.05) is 18.6 Å². The van der Waals surface area contributed by atoms with E-state index >= 15 is 0 Å². The SMILES string of the molecule is CN(Cc1cc(C(F)(F)F)c2cn(-c3cccc([C@H](c4nncn4C)C4CCC4)c3)c(=O)n2c1)CC1COC1. The third kappa shape index (κ3) is 4.89. The first-order chi connectivity index (χ1) is 18.7. The first-order valence-electron chi connectivity index (χ1n) is 13.2. The van der Waals surface area contributed by atoms with E-state index in [1.54, 1.807) is 12.4 Å². The molecule has 11 heteroatoms. The van der Waals surface area contributed by atoms with Crippen LogP contribution >= 0.6 is 0 Å². The molecule has 1 saturated carbocycles. The second kappa shape index (κ2) is 9.95. The van der Waals surface area contributed by atoms with Crippen molar-refractivity contribution in [3.8, 4) is 5.69 Å². The van der Waals surface area contributed by atoms with Gasteiger partial charge in [-0.2, -0.15) is 13.2 Å². The molecule has 0 bridgehead atoms. The van der Waals surface area contributed by atoms with Crippen LogP contribution < -0.4 is 5.69 Å². The summed E-state index contributed by atoms with van der Waals surface area (Å²) >= 11 is 0. The Bertz CT molecular complexity index is 1550. The Kier molecular flexibility index (Phi) is 6.58. The van der Waals surface area contributed by atoms with Gasteiger partial charge in [-0.25, -0.2) is 4.79 Å². The van der Waals surface area contributed by atoms with E-state index in [9.17, 15) is 18.0 Å².